The Morgan fingerprint density at radius 2 is 1.70 bits per heavy atom. The Bertz CT molecular complexity index is 3810. The highest BCUT2D eigenvalue weighted by atomic mass is 79.9. The summed E-state index contributed by atoms with van der Waals surface area (Å²) < 4.78 is 37.6. The van der Waals surface area contributed by atoms with E-state index in [1.165, 1.54) is 35.0 Å². The van der Waals surface area contributed by atoms with E-state index in [1.807, 2.05) is 24.3 Å². The number of imide groups is 1. The maximum absolute atomic E-state index is 14.2. The molecule has 464 valence electrons. The molecule has 0 radical (unpaired) electrons. The third-order valence-corrected chi connectivity index (χ3v) is 21.1. The molecule has 4 fully saturated rings. The molecule has 0 bridgehead atoms. The Balaban J connectivity index is 0.653. The lowest BCUT2D eigenvalue weighted by atomic mass is 9.72. The van der Waals surface area contributed by atoms with Gasteiger partial charge in [-0.1, -0.05) is 59.1 Å². The van der Waals surface area contributed by atoms with Crippen molar-refractivity contribution in [1.82, 2.24) is 39.6 Å². The third-order valence-electron chi connectivity index (χ3n) is 18.9. The molecule has 20 nitrogen and oxygen atoms in total. The van der Waals surface area contributed by atoms with Gasteiger partial charge in [-0.2, -0.15) is 5.23 Å². The number of allylic oxidation sites excluding steroid dienone is 1. The number of piperazine rings is 2. The van der Waals surface area contributed by atoms with Gasteiger partial charge in [0, 0.05) is 135 Å². The molecule has 23 heteroatoms. The Morgan fingerprint density at radius 1 is 0.920 bits per heavy atom. The summed E-state index contributed by atoms with van der Waals surface area (Å²) in [6, 6.07) is 24.8. The number of carbonyl (C=O) groups excluding carboxylic acids is 4. The number of halogens is 2. The molecule has 3 atom stereocenters. The van der Waals surface area contributed by atoms with Crippen LogP contribution in [-0.2, 0) is 32.7 Å². The van der Waals surface area contributed by atoms with E-state index in [9.17, 15) is 38.0 Å². The molecular formula is C65H75BrClN11O9S. The first-order chi connectivity index (χ1) is 42.2. The second-order valence-electron chi connectivity index (χ2n) is 25.4. The van der Waals surface area contributed by atoms with Crippen molar-refractivity contribution in [2.45, 2.75) is 115 Å². The van der Waals surface area contributed by atoms with Crippen molar-refractivity contribution < 1.29 is 42.8 Å². The summed E-state index contributed by atoms with van der Waals surface area (Å²) in [4.78, 5) is 70.7. The number of fused-ring (bicyclic) bond motifs is 2. The quantitative estimate of drug-likeness (QED) is 0.0369. The van der Waals surface area contributed by atoms with Crippen LogP contribution in [0.15, 0.2) is 112 Å². The number of nitrogens with one attached hydrogen (secondary N) is 5. The average Bonchev–Trinajstić information content (AvgIpc) is 2.41. The number of benzene rings is 4. The number of hydrogen-bond donors (Lipinski definition) is 6. The summed E-state index contributed by atoms with van der Waals surface area (Å²) in [5.41, 5.74) is 8.25. The maximum atomic E-state index is 14.2. The molecule has 2 unspecified atom stereocenters. The SMILES string of the molecule is C[C@H]1CN(C2CCC(CNc3ccc(S(=O)(=O)NC(=O)c4ccc(N5CCN(CC6=C(c7ccc(Cl)cc7)CC(C)(C)CC6)CC5)cc4Oc4cnc5[nH]ccc5c4)cc3[NH+]([O-])O)CC2)CCN1Cc1cc(Br)c2c(c1)C(=O)N(C1CCC(=O)NC1=O)C2. The minimum absolute atomic E-state index is 0.0342. The number of anilines is 2. The van der Waals surface area contributed by atoms with Crippen LogP contribution < -0.4 is 30.2 Å². The Morgan fingerprint density at radius 3 is 2.45 bits per heavy atom. The number of aromatic amines is 1. The number of rotatable bonds is 17. The number of hydrogen-bond acceptors (Lipinski definition) is 15. The Kier molecular flexibility index (Phi) is 17.9. The number of ether oxygens (including phenoxy) is 1. The van der Waals surface area contributed by atoms with Crippen molar-refractivity contribution in [3.63, 3.8) is 0 Å². The second kappa shape index (κ2) is 25.6. The summed E-state index contributed by atoms with van der Waals surface area (Å²) >= 11 is 9.99. The van der Waals surface area contributed by atoms with Crippen molar-refractivity contribution in [2.24, 2.45) is 11.3 Å². The predicted octanol–water partition coefficient (Wildman–Crippen LogP) is 9.02. The number of sulfonamides is 1. The normalized spacial score (nSPS) is 22.6. The van der Waals surface area contributed by atoms with E-state index in [1.54, 1.807) is 35.4 Å². The summed E-state index contributed by atoms with van der Waals surface area (Å²) in [7, 11) is -4.59. The molecular weight excluding hydrogens is 1230 g/mol. The zero-order valence-corrected chi connectivity index (χ0v) is 52.9. The highest BCUT2D eigenvalue weighted by molar-refractivity contribution is 9.10. The zero-order valence-electron chi connectivity index (χ0n) is 49.7. The van der Waals surface area contributed by atoms with E-state index in [-0.39, 0.29) is 63.2 Å². The number of H-pyrrole nitrogens is 1. The highest BCUT2D eigenvalue weighted by Crippen LogP contribution is 2.44. The van der Waals surface area contributed by atoms with E-state index in [0.717, 1.165) is 122 Å². The van der Waals surface area contributed by atoms with Gasteiger partial charge in [0.2, 0.25) is 11.8 Å². The van der Waals surface area contributed by atoms with Gasteiger partial charge >= 0.3 is 0 Å². The first-order valence-corrected chi connectivity index (χ1v) is 33.2. The van der Waals surface area contributed by atoms with Crippen molar-refractivity contribution in [3.05, 3.63) is 145 Å². The molecule has 12 rings (SSSR count). The summed E-state index contributed by atoms with van der Waals surface area (Å²) in [5.74, 6) is -1.13. The van der Waals surface area contributed by atoms with Crippen molar-refractivity contribution in [3.8, 4) is 11.5 Å². The van der Waals surface area contributed by atoms with E-state index >= 15 is 0 Å². The van der Waals surface area contributed by atoms with E-state index in [2.05, 4.69) is 99.8 Å². The minimum atomic E-state index is -4.59. The molecule has 6 aromatic rings. The van der Waals surface area contributed by atoms with Gasteiger partial charge in [-0.15, -0.1) is 0 Å². The van der Waals surface area contributed by atoms with Crippen LogP contribution >= 0.6 is 27.5 Å². The van der Waals surface area contributed by atoms with Crippen LogP contribution in [0.1, 0.15) is 116 Å². The van der Waals surface area contributed by atoms with Crippen LogP contribution in [0, 0.1) is 16.5 Å². The van der Waals surface area contributed by atoms with E-state index in [4.69, 9.17) is 16.3 Å². The molecule has 3 saturated heterocycles. The van der Waals surface area contributed by atoms with Gasteiger partial charge < -0.3 is 30.0 Å². The fourth-order valence-electron chi connectivity index (χ4n) is 13.8. The lowest BCUT2D eigenvalue weighted by Gasteiger charge is -2.45. The molecule has 1 saturated carbocycles. The largest absolute Gasteiger partial charge is 0.595 e. The number of piperidine rings is 1. The Hall–Kier alpha value is -6.73. The first-order valence-electron chi connectivity index (χ1n) is 30.5. The van der Waals surface area contributed by atoms with Gasteiger partial charge in [-0.25, -0.2) is 23.3 Å². The summed E-state index contributed by atoms with van der Waals surface area (Å²) in [6.07, 6.45) is 10.8. The third kappa shape index (κ3) is 13.6. The molecule has 2 aromatic heterocycles. The van der Waals surface area contributed by atoms with Gasteiger partial charge in [0.1, 0.15) is 23.2 Å². The fraction of sp³-hybridized carbons (Fsp3) is 0.431. The molecule has 0 spiro atoms. The van der Waals surface area contributed by atoms with Gasteiger partial charge in [0.05, 0.1) is 22.3 Å². The number of nitrogens with zero attached hydrogens (tertiary/aromatic N) is 6. The minimum Gasteiger partial charge on any atom is -0.595 e. The van der Waals surface area contributed by atoms with Crippen molar-refractivity contribution in [1.29, 1.82) is 0 Å². The zero-order chi connectivity index (χ0) is 61.6. The van der Waals surface area contributed by atoms with E-state index < -0.39 is 33.1 Å². The monoisotopic (exact) mass is 1300 g/mol. The highest BCUT2D eigenvalue weighted by Gasteiger charge is 2.41. The Labute approximate surface area is 526 Å². The predicted molar refractivity (Wildman–Crippen MR) is 340 cm³/mol. The molecule has 6 N–H and O–H groups in total. The summed E-state index contributed by atoms with van der Waals surface area (Å²) in [5, 5.41) is 29.1. The van der Waals surface area contributed by atoms with Crippen LogP contribution in [0.3, 0.4) is 0 Å². The van der Waals surface area contributed by atoms with Crippen LogP contribution in [0.2, 0.25) is 5.02 Å². The van der Waals surface area contributed by atoms with Crippen molar-refractivity contribution in [2.75, 3.05) is 69.1 Å². The van der Waals surface area contributed by atoms with Gasteiger partial charge in [-0.3, -0.25) is 39.2 Å². The van der Waals surface area contributed by atoms with Crippen molar-refractivity contribution >= 4 is 94.9 Å². The lowest BCUT2D eigenvalue weighted by molar-refractivity contribution is -0.990. The number of quaternary nitrogens is 1. The maximum Gasteiger partial charge on any atom is 0.268 e. The lowest BCUT2D eigenvalue weighted by Crippen LogP contribution is -2.99. The molecule has 88 heavy (non-hydrogen) atoms. The summed E-state index contributed by atoms with van der Waals surface area (Å²) in [6.45, 7) is 15.0. The molecule has 6 aliphatic rings. The fourth-order valence-corrected chi connectivity index (χ4v) is 15.5. The molecule has 2 aliphatic carbocycles. The smallest absolute Gasteiger partial charge is 0.268 e. The number of amides is 4. The number of pyridine rings is 1. The topological polar surface area (TPSA) is 240 Å². The van der Waals surface area contributed by atoms with Gasteiger partial charge in [0.15, 0.2) is 5.69 Å². The molecule has 4 aromatic carbocycles. The van der Waals surface area contributed by atoms with Crippen LogP contribution in [-0.4, -0.2) is 144 Å². The number of carbonyl (C=O) groups is 4. The standard InChI is InChI=1S/C65H75BrClN11O9S/c1-40-36-76(27-26-75(40)37-42-28-52-54(55(66)29-42)39-77(64(52)82)57-16-17-60(79)71-63(57)81)47-10-4-41(5-11-47)34-69-56-15-13-50(32-58(56)78(83)84)88(85,86)72-62(80)51-14-12-48(31-59(51)87-49-30-44-19-21-68-61(44)70-35-49)74-24-22-73(23-25-74)38-45-18-20-65(2,3)33-53(45)43-6-8-46(67)9-7-43/h6-9,12-15,19,21,28-32,35,40-41,47,57,69,78,83H,4-5,10-11,16-18,20,22-27,33-34,36-39H2,1-3H3,(H,68,70)(H,72,80)(H,71,79,81)/t40-,41?,47?,57?/m0/s1. The molecule has 4 amide bonds. The molecule has 6 heterocycles. The number of aromatic nitrogens is 2. The second-order valence-corrected chi connectivity index (χ2v) is 28.4. The first kappa shape index (κ1) is 61.5. The van der Waals surface area contributed by atoms with Crippen LogP contribution in [0.5, 0.6) is 11.5 Å². The van der Waals surface area contributed by atoms with E-state index in [0.29, 0.717) is 62.1 Å². The van der Waals surface area contributed by atoms with Crippen LogP contribution in [0.4, 0.5) is 17.1 Å². The molecule has 4 aliphatic heterocycles. The van der Waals surface area contributed by atoms with Crippen LogP contribution in [0.25, 0.3) is 16.6 Å². The van der Waals surface area contributed by atoms with Gasteiger partial charge in [0.25, 0.3) is 21.8 Å². The van der Waals surface area contributed by atoms with Gasteiger partial charge in [-0.05, 0) is 153 Å². The average molecular weight is 1300 g/mol.